The SMILES string of the molecule is CCN(CC)Cc1ccc(C(=O)N2CCCC2)cc1. The van der Waals surface area contributed by atoms with Gasteiger partial charge < -0.3 is 4.90 Å². The van der Waals surface area contributed by atoms with E-state index in [0.717, 1.165) is 51.1 Å². The average molecular weight is 260 g/mol. The molecule has 0 atom stereocenters. The van der Waals surface area contributed by atoms with Gasteiger partial charge in [-0.1, -0.05) is 26.0 Å². The molecule has 0 aliphatic carbocycles. The molecule has 0 saturated carbocycles. The minimum Gasteiger partial charge on any atom is -0.339 e. The molecule has 0 unspecified atom stereocenters. The summed E-state index contributed by atoms with van der Waals surface area (Å²) < 4.78 is 0. The summed E-state index contributed by atoms with van der Waals surface area (Å²) in [5.41, 5.74) is 2.10. The number of carbonyl (C=O) groups is 1. The van der Waals surface area contributed by atoms with Gasteiger partial charge in [0.15, 0.2) is 0 Å². The van der Waals surface area contributed by atoms with Crippen molar-refractivity contribution >= 4 is 5.91 Å². The van der Waals surface area contributed by atoms with Gasteiger partial charge in [-0.15, -0.1) is 0 Å². The van der Waals surface area contributed by atoms with Crippen LogP contribution in [0.1, 0.15) is 42.6 Å². The summed E-state index contributed by atoms with van der Waals surface area (Å²) in [5, 5.41) is 0. The molecule has 1 aliphatic rings. The van der Waals surface area contributed by atoms with Crippen LogP contribution in [0, 0.1) is 0 Å². The van der Waals surface area contributed by atoms with Crippen molar-refractivity contribution in [3.8, 4) is 0 Å². The normalized spacial score (nSPS) is 15.2. The molecule has 0 spiro atoms. The monoisotopic (exact) mass is 260 g/mol. The third-order valence-electron chi connectivity index (χ3n) is 3.89. The minimum absolute atomic E-state index is 0.187. The molecule has 0 radical (unpaired) electrons. The summed E-state index contributed by atoms with van der Waals surface area (Å²) in [7, 11) is 0. The molecule has 1 amide bonds. The Morgan fingerprint density at radius 1 is 1.11 bits per heavy atom. The third kappa shape index (κ3) is 3.57. The second-order valence-electron chi connectivity index (χ2n) is 5.16. The van der Waals surface area contributed by atoms with Crippen LogP contribution in [0.5, 0.6) is 0 Å². The molecule has 3 nitrogen and oxygen atoms in total. The van der Waals surface area contributed by atoms with E-state index < -0.39 is 0 Å². The van der Waals surface area contributed by atoms with Crippen molar-refractivity contribution in [3.63, 3.8) is 0 Å². The van der Waals surface area contributed by atoms with Gasteiger partial charge in [-0.05, 0) is 43.6 Å². The van der Waals surface area contributed by atoms with Crippen LogP contribution in [0.2, 0.25) is 0 Å². The van der Waals surface area contributed by atoms with E-state index in [1.165, 1.54) is 5.56 Å². The van der Waals surface area contributed by atoms with Gasteiger partial charge in [0.25, 0.3) is 5.91 Å². The maximum atomic E-state index is 12.2. The first-order valence-electron chi connectivity index (χ1n) is 7.35. The van der Waals surface area contributed by atoms with Crippen LogP contribution in [0.3, 0.4) is 0 Å². The van der Waals surface area contributed by atoms with Crippen molar-refractivity contribution < 1.29 is 4.79 Å². The van der Waals surface area contributed by atoms with Crippen LogP contribution in [-0.2, 0) is 6.54 Å². The molecule has 0 aromatic heterocycles. The van der Waals surface area contributed by atoms with Crippen LogP contribution >= 0.6 is 0 Å². The van der Waals surface area contributed by atoms with E-state index >= 15 is 0 Å². The first kappa shape index (κ1) is 14.1. The van der Waals surface area contributed by atoms with Gasteiger partial charge in [0, 0.05) is 25.2 Å². The third-order valence-corrected chi connectivity index (χ3v) is 3.89. The highest BCUT2D eigenvalue weighted by molar-refractivity contribution is 5.94. The second-order valence-corrected chi connectivity index (χ2v) is 5.16. The molecule has 104 valence electrons. The highest BCUT2D eigenvalue weighted by Gasteiger charge is 2.19. The predicted molar refractivity (Wildman–Crippen MR) is 78.2 cm³/mol. The maximum absolute atomic E-state index is 12.2. The zero-order valence-corrected chi connectivity index (χ0v) is 12.1. The van der Waals surface area contributed by atoms with E-state index in [1.807, 2.05) is 17.0 Å². The smallest absolute Gasteiger partial charge is 0.253 e. The number of carbonyl (C=O) groups excluding carboxylic acids is 1. The number of likely N-dealkylation sites (tertiary alicyclic amines) is 1. The van der Waals surface area contributed by atoms with E-state index in [0.29, 0.717) is 0 Å². The van der Waals surface area contributed by atoms with Gasteiger partial charge in [0.2, 0.25) is 0 Å². The van der Waals surface area contributed by atoms with Crippen molar-refractivity contribution in [1.82, 2.24) is 9.80 Å². The first-order chi connectivity index (χ1) is 9.24. The zero-order valence-electron chi connectivity index (χ0n) is 12.1. The van der Waals surface area contributed by atoms with Crippen molar-refractivity contribution in [2.75, 3.05) is 26.2 Å². The Morgan fingerprint density at radius 3 is 2.21 bits per heavy atom. The Bertz CT molecular complexity index is 403. The van der Waals surface area contributed by atoms with Crippen LogP contribution < -0.4 is 0 Å². The Hall–Kier alpha value is -1.35. The molecule has 1 fully saturated rings. The molecular weight excluding hydrogens is 236 g/mol. The van der Waals surface area contributed by atoms with Gasteiger partial charge in [0.1, 0.15) is 0 Å². The van der Waals surface area contributed by atoms with Crippen molar-refractivity contribution in [2.45, 2.75) is 33.2 Å². The van der Waals surface area contributed by atoms with Crippen LogP contribution in [0.25, 0.3) is 0 Å². The lowest BCUT2D eigenvalue weighted by atomic mass is 10.1. The Labute approximate surface area is 116 Å². The lowest BCUT2D eigenvalue weighted by Gasteiger charge is -2.19. The molecule has 1 saturated heterocycles. The summed E-state index contributed by atoms with van der Waals surface area (Å²) in [6, 6.07) is 8.11. The van der Waals surface area contributed by atoms with Crippen LogP contribution in [-0.4, -0.2) is 41.9 Å². The number of amides is 1. The summed E-state index contributed by atoms with van der Waals surface area (Å²) in [5.74, 6) is 0.187. The second kappa shape index (κ2) is 6.71. The number of rotatable bonds is 5. The van der Waals surface area contributed by atoms with E-state index in [1.54, 1.807) is 0 Å². The highest BCUT2D eigenvalue weighted by atomic mass is 16.2. The largest absolute Gasteiger partial charge is 0.339 e. The fraction of sp³-hybridized carbons (Fsp3) is 0.562. The Kier molecular flexibility index (Phi) is 4.97. The van der Waals surface area contributed by atoms with Gasteiger partial charge in [-0.2, -0.15) is 0 Å². The Morgan fingerprint density at radius 2 is 1.68 bits per heavy atom. The fourth-order valence-corrected chi connectivity index (χ4v) is 2.56. The summed E-state index contributed by atoms with van der Waals surface area (Å²) in [6.07, 6.45) is 2.29. The molecule has 0 N–H and O–H groups in total. The van der Waals surface area contributed by atoms with E-state index in [2.05, 4.69) is 30.9 Å². The van der Waals surface area contributed by atoms with Crippen molar-refractivity contribution in [2.24, 2.45) is 0 Å². The maximum Gasteiger partial charge on any atom is 0.253 e. The van der Waals surface area contributed by atoms with E-state index in [-0.39, 0.29) is 5.91 Å². The van der Waals surface area contributed by atoms with Crippen LogP contribution in [0.4, 0.5) is 0 Å². The zero-order chi connectivity index (χ0) is 13.7. The minimum atomic E-state index is 0.187. The predicted octanol–water partition coefficient (Wildman–Crippen LogP) is 2.76. The molecule has 0 bridgehead atoms. The average Bonchev–Trinajstić information content (AvgIpc) is 2.99. The number of hydrogen-bond donors (Lipinski definition) is 0. The van der Waals surface area contributed by atoms with Gasteiger partial charge in [-0.25, -0.2) is 0 Å². The summed E-state index contributed by atoms with van der Waals surface area (Å²) in [4.78, 5) is 16.5. The number of hydrogen-bond acceptors (Lipinski definition) is 2. The topological polar surface area (TPSA) is 23.6 Å². The molecule has 19 heavy (non-hydrogen) atoms. The highest BCUT2D eigenvalue weighted by Crippen LogP contribution is 2.14. The number of benzene rings is 1. The molecule has 1 aliphatic heterocycles. The fourth-order valence-electron chi connectivity index (χ4n) is 2.56. The van der Waals surface area contributed by atoms with E-state index in [4.69, 9.17) is 0 Å². The quantitative estimate of drug-likeness (QED) is 0.812. The van der Waals surface area contributed by atoms with Crippen molar-refractivity contribution in [1.29, 1.82) is 0 Å². The van der Waals surface area contributed by atoms with Gasteiger partial charge in [-0.3, -0.25) is 9.69 Å². The molecule has 2 rings (SSSR count). The molecule has 3 heteroatoms. The summed E-state index contributed by atoms with van der Waals surface area (Å²) in [6.45, 7) is 9.27. The van der Waals surface area contributed by atoms with Gasteiger partial charge in [0.05, 0.1) is 0 Å². The standard InChI is InChI=1S/C16H24N2O/c1-3-17(4-2)13-14-7-9-15(10-8-14)16(19)18-11-5-6-12-18/h7-10H,3-6,11-13H2,1-2H3. The van der Waals surface area contributed by atoms with Crippen LogP contribution in [0.15, 0.2) is 24.3 Å². The lowest BCUT2D eigenvalue weighted by molar-refractivity contribution is 0.0793. The molecule has 1 heterocycles. The first-order valence-corrected chi connectivity index (χ1v) is 7.35. The molecule has 1 aromatic rings. The van der Waals surface area contributed by atoms with Gasteiger partial charge >= 0.3 is 0 Å². The lowest BCUT2D eigenvalue weighted by Crippen LogP contribution is -2.27. The summed E-state index contributed by atoms with van der Waals surface area (Å²) >= 11 is 0. The van der Waals surface area contributed by atoms with E-state index in [9.17, 15) is 4.79 Å². The number of nitrogens with zero attached hydrogens (tertiary/aromatic N) is 2. The molecular formula is C16H24N2O. The Balaban J connectivity index is 1.99. The molecule has 1 aromatic carbocycles. The van der Waals surface area contributed by atoms with Crippen molar-refractivity contribution in [3.05, 3.63) is 35.4 Å².